The molecule has 1 aromatic heterocycles. The Morgan fingerprint density at radius 3 is 2.50 bits per heavy atom. The first-order valence-electron chi connectivity index (χ1n) is 10.0. The lowest BCUT2D eigenvalue weighted by Crippen LogP contribution is -2.34. The first-order chi connectivity index (χ1) is 15.4. The van der Waals surface area contributed by atoms with Gasteiger partial charge < -0.3 is 14.5 Å². The summed E-state index contributed by atoms with van der Waals surface area (Å²) in [6, 6.07) is 16.1. The summed E-state index contributed by atoms with van der Waals surface area (Å²) in [7, 11) is 1.58. The van der Waals surface area contributed by atoms with Gasteiger partial charge in [0, 0.05) is 20.1 Å². The molecule has 0 aliphatic heterocycles. The fraction of sp³-hybridized carbons (Fsp3) is 0.208. The second kappa shape index (κ2) is 10.7. The summed E-state index contributed by atoms with van der Waals surface area (Å²) in [5.41, 5.74) is 1.21. The number of amides is 2. The number of benzene rings is 2. The summed E-state index contributed by atoms with van der Waals surface area (Å²) in [5.74, 6) is -1.73. The molecular formula is C24H23FN2O4S. The smallest absolute Gasteiger partial charge is 0.340 e. The van der Waals surface area contributed by atoms with Crippen LogP contribution in [-0.2, 0) is 16.1 Å². The standard InChI is InChI=1S/C24H23FN2O4S/c1-3-27(15-17-8-6-9-18(25)14-17)22(28)16-31-24(30)19-10-4-5-11-20(19)26(2)23(29)21-12-7-13-32-21/h4-14H,3,15-16H2,1-2H3. The van der Waals surface area contributed by atoms with Crippen LogP contribution in [0.4, 0.5) is 10.1 Å². The van der Waals surface area contributed by atoms with E-state index < -0.39 is 18.5 Å². The molecule has 6 nitrogen and oxygen atoms in total. The molecule has 0 bridgehead atoms. The van der Waals surface area contributed by atoms with Gasteiger partial charge in [0.15, 0.2) is 6.61 Å². The molecule has 0 N–H and O–H groups in total. The van der Waals surface area contributed by atoms with Crippen LogP contribution in [0.15, 0.2) is 66.0 Å². The van der Waals surface area contributed by atoms with Gasteiger partial charge in [-0.1, -0.05) is 30.3 Å². The summed E-state index contributed by atoms with van der Waals surface area (Å²) in [6.45, 7) is 1.92. The Bertz CT molecular complexity index is 1100. The number of ether oxygens (including phenoxy) is 1. The van der Waals surface area contributed by atoms with Gasteiger partial charge in [0.2, 0.25) is 0 Å². The van der Waals surface area contributed by atoms with Crippen molar-refractivity contribution in [1.29, 1.82) is 0 Å². The first kappa shape index (κ1) is 23.1. The molecule has 1 heterocycles. The van der Waals surface area contributed by atoms with Crippen molar-refractivity contribution in [2.24, 2.45) is 0 Å². The summed E-state index contributed by atoms with van der Waals surface area (Å²) in [4.78, 5) is 41.4. The van der Waals surface area contributed by atoms with Gasteiger partial charge in [-0.3, -0.25) is 9.59 Å². The zero-order valence-electron chi connectivity index (χ0n) is 17.8. The number of likely N-dealkylation sites (N-methyl/N-ethyl adjacent to an activating group) is 1. The van der Waals surface area contributed by atoms with Crippen LogP contribution < -0.4 is 4.90 Å². The minimum atomic E-state index is -0.707. The third-order valence-electron chi connectivity index (χ3n) is 4.85. The number of halogens is 1. The number of carbonyl (C=O) groups excluding carboxylic acids is 3. The molecule has 0 atom stereocenters. The fourth-order valence-electron chi connectivity index (χ4n) is 3.14. The summed E-state index contributed by atoms with van der Waals surface area (Å²) >= 11 is 1.31. The number of thiophene rings is 1. The Morgan fingerprint density at radius 2 is 1.81 bits per heavy atom. The molecule has 8 heteroatoms. The van der Waals surface area contributed by atoms with Gasteiger partial charge in [-0.25, -0.2) is 9.18 Å². The summed E-state index contributed by atoms with van der Waals surface area (Å²) in [5, 5.41) is 1.80. The van der Waals surface area contributed by atoms with Crippen molar-refractivity contribution in [3.63, 3.8) is 0 Å². The van der Waals surface area contributed by atoms with Gasteiger partial charge in [0.05, 0.1) is 16.1 Å². The van der Waals surface area contributed by atoms with E-state index >= 15 is 0 Å². The lowest BCUT2D eigenvalue weighted by molar-refractivity contribution is -0.134. The Hall–Kier alpha value is -3.52. The number of carbonyl (C=O) groups is 3. The zero-order valence-corrected chi connectivity index (χ0v) is 18.6. The number of nitrogens with zero attached hydrogens (tertiary/aromatic N) is 2. The number of hydrogen-bond donors (Lipinski definition) is 0. The van der Waals surface area contributed by atoms with Crippen molar-refractivity contribution < 1.29 is 23.5 Å². The van der Waals surface area contributed by atoms with Crippen LogP contribution in [0.2, 0.25) is 0 Å². The molecule has 3 aromatic rings. The van der Waals surface area contributed by atoms with Crippen LogP contribution in [0.1, 0.15) is 32.5 Å². The molecule has 3 rings (SSSR count). The monoisotopic (exact) mass is 454 g/mol. The van der Waals surface area contributed by atoms with E-state index in [1.54, 1.807) is 67.9 Å². The summed E-state index contributed by atoms with van der Waals surface area (Å²) in [6.07, 6.45) is 0. The van der Waals surface area contributed by atoms with Crippen LogP contribution >= 0.6 is 11.3 Å². The molecule has 0 unspecified atom stereocenters. The van der Waals surface area contributed by atoms with Crippen molar-refractivity contribution in [3.05, 3.63) is 87.9 Å². The van der Waals surface area contributed by atoms with Crippen LogP contribution in [0.3, 0.4) is 0 Å². The first-order valence-corrected chi connectivity index (χ1v) is 10.9. The van der Waals surface area contributed by atoms with Crippen molar-refractivity contribution in [1.82, 2.24) is 4.90 Å². The topological polar surface area (TPSA) is 66.9 Å². The van der Waals surface area contributed by atoms with E-state index in [2.05, 4.69) is 0 Å². The number of hydrogen-bond acceptors (Lipinski definition) is 5. The second-order valence-electron chi connectivity index (χ2n) is 6.97. The Morgan fingerprint density at radius 1 is 1.03 bits per heavy atom. The molecule has 0 aliphatic rings. The van der Waals surface area contributed by atoms with Gasteiger partial charge >= 0.3 is 5.97 Å². The van der Waals surface area contributed by atoms with E-state index in [-0.39, 0.29) is 23.8 Å². The largest absolute Gasteiger partial charge is 0.452 e. The lowest BCUT2D eigenvalue weighted by Gasteiger charge is -2.22. The third-order valence-corrected chi connectivity index (χ3v) is 5.70. The zero-order chi connectivity index (χ0) is 23.1. The maximum atomic E-state index is 13.4. The lowest BCUT2D eigenvalue weighted by atomic mass is 10.1. The van der Waals surface area contributed by atoms with Gasteiger partial charge in [0.25, 0.3) is 11.8 Å². The van der Waals surface area contributed by atoms with Crippen molar-refractivity contribution in [2.75, 3.05) is 25.1 Å². The average Bonchev–Trinajstić information content (AvgIpc) is 3.35. The van der Waals surface area contributed by atoms with Crippen molar-refractivity contribution in [3.8, 4) is 0 Å². The minimum absolute atomic E-state index is 0.181. The maximum Gasteiger partial charge on any atom is 0.340 e. The molecule has 0 fully saturated rings. The SMILES string of the molecule is CCN(Cc1cccc(F)c1)C(=O)COC(=O)c1ccccc1N(C)C(=O)c1cccs1. The maximum absolute atomic E-state index is 13.4. The number of rotatable bonds is 8. The van der Waals surface area contributed by atoms with E-state index in [0.717, 1.165) is 0 Å². The van der Waals surface area contributed by atoms with Crippen LogP contribution in [-0.4, -0.2) is 42.9 Å². The Labute approximate surface area is 189 Å². The highest BCUT2D eigenvalue weighted by atomic mass is 32.1. The van der Waals surface area contributed by atoms with Crippen LogP contribution in [0.5, 0.6) is 0 Å². The molecule has 166 valence electrons. The summed E-state index contributed by atoms with van der Waals surface area (Å²) < 4.78 is 18.7. The number of anilines is 1. The van der Waals surface area contributed by atoms with Gasteiger partial charge in [-0.2, -0.15) is 0 Å². The predicted octanol–water partition coefficient (Wildman–Crippen LogP) is 4.37. The number of esters is 1. The Kier molecular flexibility index (Phi) is 7.72. The highest BCUT2D eigenvalue weighted by Crippen LogP contribution is 2.23. The molecule has 0 saturated carbocycles. The quantitative estimate of drug-likeness (QED) is 0.474. The van der Waals surface area contributed by atoms with Crippen LogP contribution in [0.25, 0.3) is 0 Å². The third kappa shape index (κ3) is 5.59. The van der Waals surface area contributed by atoms with E-state index in [9.17, 15) is 18.8 Å². The van der Waals surface area contributed by atoms with Gasteiger partial charge in [-0.15, -0.1) is 11.3 Å². The van der Waals surface area contributed by atoms with E-state index in [1.807, 2.05) is 0 Å². The normalized spacial score (nSPS) is 10.5. The minimum Gasteiger partial charge on any atom is -0.452 e. The molecule has 2 amide bonds. The molecule has 2 aromatic carbocycles. The van der Waals surface area contributed by atoms with Gasteiger partial charge in [-0.05, 0) is 48.2 Å². The molecule has 32 heavy (non-hydrogen) atoms. The van der Waals surface area contributed by atoms with Crippen LogP contribution in [0, 0.1) is 5.82 Å². The Balaban J connectivity index is 1.67. The molecule has 0 spiro atoms. The van der Waals surface area contributed by atoms with Crippen molar-refractivity contribution >= 4 is 34.8 Å². The molecule has 0 radical (unpaired) electrons. The van der Waals surface area contributed by atoms with Gasteiger partial charge in [0.1, 0.15) is 5.82 Å². The predicted molar refractivity (Wildman–Crippen MR) is 121 cm³/mol. The second-order valence-corrected chi connectivity index (χ2v) is 7.92. The van der Waals surface area contributed by atoms with Crippen molar-refractivity contribution in [2.45, 2.75) is 13.5 Å². The molecule has 0 saturated heterocycles. The average molecular weight is 455 g/mol. The fourth-order valence-corrected chi connectivity index (χ4v) is 3.84. The van der Waals surface area contributed by atoms with E-state index in [0.29, 0.717) is 22.7 Å². The molecule has 0 aliphatic carbocycles. The highest BCUT2D eigenvalue weighted by Gasteiger charge is 2.22. The van der Waals surface area contributed by atoms with E-state index in [4.69, 9.17) is 4.74 Å². The number of para-hydroxylation sites is 1. The van der Waals surface area contributed by atoms with E-state index in [1.165, 1.54) is 33.3 Å². The highest BCUT2D eigenvalue weighted by molar-refractivity contribution is 7.12. The molecular weight excluding hydrogens is 431 g/mol.